The fourth-order valence-corrected chi connectivity index (χ4v) is 3.25. The summed E-state index contributed by atoms with van der Waals surface area (Å²) in [5.74, 6) is 2.19. The molecule has 0 bridgehead atoms. The number of esters is 1. The van der Waals surface area contributed by atoms with Gasteiger partial charge in [0.2, 0.25) is 0 Å². The number of rotatable bonds is 6. The topological polar surface area (TPSA) is 44.8 Å². The molecular formula is C25H22O4. The molecular weight excluding hydrogens is 364 g/mol. The van der Waals surface area contributed by atoms with E-state index in [0.717, 1.165) is 22.4 Å². The first-order chi connectivity index (χ1) is 14.1. The largest absolute Gasteiger partial charge is 0.494 e. The maximum Gasteiger partial charge on any atom is 0.311 e. The number of hydrogen-bond acceptors (Lipinski definition) is 4. The molecule has 0 spiro atoms. The quantitative estimate of drug-likeness (QED) is 0.306. The summed E-state index contributed by atoms with van der Waals surface area (Å²) in [5.41, 5.74) is 4.17. The van der Waals surface area contributed by atoms with Crippen LogP contribution in [0.1, 0.15) is 24.0 Å². The smallest absolute Gasteiger partial charge is 0.311 e. The molecule has 0 aromatic heterocycles. The Morgan fingerprint density at radius 3 is 2.45 bits per heavy atom. The van der Waals surface area contributed by atoms with Gasteiger partial charge in [0.15, 0.2) is 0 Å². The van der Waals surface area contributed by atoms with Gasteiger partial charge in [-0.15, -0.1) is 0 Å². The van der Waals surface area contributed by atoms with Gasteiger partial charge in [0, 0.05) is 23.6 Å². The molecule has 1 heterocycles. The molecule has 0 amide bonds. The van der Waals surface area contributed by atoms with Crippen molar-refractivity contribution in [3.63, 3.8) is 0 Å². The maximum absolute atomic E-state index is 12.2. The van der Waals surface area contributed by atoms with Crippen molar-refractivity contribution < 1.29 is 19.0 Å². The Hall–Kier alpha value is -3.53. The molecule has 4 nitrogen and oxygen atoms in total. The van der Waals surface area contributed by atoms with Crippen molar-refractivity contribution in [2.24, 2.45) is 0 Å². The Balaban J connectivity index is 1.33. The highest BCUT2D eigenvalue weighted by Gasteiger charge is 2.20. The van der Waals surface area contributed by atoms with Crippen molar-refractivity contribution in [1.29, 1.82) is 0 Å². The Labute approximate surface area is 170 Å². The van der Waals surface area contributed by atoms with E-state index in [9.17, 15) is 4.79 Å². The first-order valence-corrected chi connectivity index (χ1v) is 9.61. The highest BCUT2D eigenvalue weighted by atomic mass is 16.5. The van der Waals surface area contributed by atoms with Crippen LogP contribution in [-0.2, 0) is 4.79 Å². The average molecular weight is 386 g/mol. The van der Waals surface area contributed by atoms with Gasteiger partial charge in [-0.25, -0.2) is 0 Å². The summed E-state index contributed by atoms with van der Waals surface area (Å²) in [4.78, 5) is 12.2. The summed E-state index contributed by atoms with van der Waals surface area (Å²) in [7, 11) is 0. The van der Waals surface area contributed by atoms with Gasteiger partial charge in [0.1, 0.15) is 23.0 Å². The van der Waals surface area contributed by atoms with Crippen molar-refractivity contribution in [2.45, 2.75) is 19.8 Å². The molecule has 3 aromatic rings. The minimum atomic E-state index is -0.299. The van der Waals surface area contributed by atoms with Gasteiger partial charge in [-0.2, -0.15) is 0 Å². The molecule has 0 unspecified atom stereocenters. The van der Waals surface area contributed by atoms with E-state index < -0.39 is 0 Å². The molecule has 0 aliphatic carbocycles. The first kappa shape index (κ1) is 18.8. The fraction of sp³-hybridized carbons (Fsp3) is 0.160. The van der Waals surface area contributed by atoms with Gasteiger partial charge in [-0.05, 0) is 43.2 Å². The zero-order valence-corrected chi connectivity index (χ0v) is 16.3. The van der Waals surface area contributed by atoms with Gasteiger partial charge in [0.25, 0.3) is 0 Å². The first-order valence-electron chi connectivity index (χ1n) is 9.61. The second kappa shape index (κ2) is 8.23. The second-order valence-corrected chi connectivity index (χ2v) is 6.97. The molecule has 0 radical (unpaired) electrons. The van der Waals surface area contributed by atoms with E-state index in [1.165, 1.54) is 5.56 Å². The summed E-state index contributed by atoms with van der Waals surface area (Å²) in [5, 5.41) is 0. The lowest BCUT2D eigenvalue weighted by Gasteiger charge is -2.22. The van der Waals surface area contributed by atoms with Gasteiger partial charge in [-0.3, -0.25) is 4.79 Å². The average Bonchev–Trinajstić information content (AvgIpc) is 2.72. The Bertz CT molecular complexity index is 1050. The van der Waals surface area contributed by atoms with Crippen molar-refractivity contribution in [3.05, 3.63) is 84.4 Å². The fourth-order valence-electron chi connectivity index (χ4n) is 3.25. The lowest BCUT2D eigenvalue weighted by molar-refractivity contribution is -0.134. The summed E-state index contributed by atoms with van der Waals surface area (Å²) < 4.78 is 16.9. The minimum absolute atomic E-state index is 0.277. The molecule has 0 N–H and O–H groups in total. The number of fused-ring (bicyclic) bond motifs is 3. The second-order valence-electron chi connectivity index (χ2n) is 6.97. The molecule has 3 aromatic carbocycles. The SMILES string of the molecule is C=C1Oc2cc(OC(=O)CCCOc3ccc(C)cc3)ccc2-c2ccccc21. The summed E-state index contributed by atoms with van der Waals surface area (Å²) in [6, 6.07) is 21.2. The lowest BCUT2D eigenvalue weighted by Crippen LogP contribution is -2.10. The number of carbonyl (C=O) groups is 1. The van der Waals surface area contributed by atoms with Crippen LogP contribution in [0.25, 0.3) is 16.9 Å². The molecule has 0 fully saturated rings. The van der Waals surface area contributed by atoms with Crippen molar-refractivity contribution >= 4 is 11.7 Å². The van der Waals surface area contributed by atoms with Crippen LogP contribution in [-0.4, -0.2) is 12.6 Å². The van der Waals surface area contributed by atoms with E-state index in [2.05, 4.69) is 6.58 Å². The molecule has 4 rings (SSSR count). The Kier molecular flexibility index (Phi) is 5.34. The third-order valence-corrected chi connectivity index (χ3v) is 4.75. The standard InChI is InChI=1S/C25H22O4/c1-17-9-11-19(12-10-17)27-15-5-8-25(26)29-20-13-14-23-22-7-4-3-6-21(22)18(2)28-24(23)16-20/h3-4,6-7,9-14,16H,2,5,8,15H2,1H3. The van der Waals surface area contributed by atoms with Crippen LogP contribution in [0.4, 0.5) is 0 Å². The van der Waals surface area contributed by atoms with Crippen LogP contribution in [0.2, 0.25) is 0 Å². The van der Waals surface area contributed by atoms with Crippen LogP contribution < -0.4 is 14.2 Å². The number of aryl methyl sites for hydroxylation is 1. The molecule has 0 saturated heterocycles. The Morgan fingerprint density at radius 2 is 1.66 bits per heavy atom. The zero-order chi connectivity index (χ0) is 20.2. The van der Waals surface area contributed by atoms with Crippen LogP contribution >= 0.6 is 0 Å². The van der Waals surface area contributed by atoms with E-state index in [4.69, 9.17) is 14.2 Å². The van der Waals surface area contributed by atoms with Gasteiger partial charge < -0.3 is 14.2 Å². The summed E-state index contributed by atoms with van der Waals surface area (Å²) in [6.07, 6.45) is 0.859. The molecule has 1 aliphatic heterocycles. The van der Waals surface area contributed by atoms with E-state index in [0.29, 0.717) is 30.3 Å². The van der Waals surface area contributed by atoms with Gasteiger partial charge >= 0.3 is 5.97 Å². The molecule has 4 heteroatoms. The summed E-state index contributed by atoms with van der Waals surface area (Å²) in [6.45, 7) is 6.47. The highest BCUT2D eigenvalue weighted by molar-refractivity contribution is 5.86. The Morgan fingerprint density at radius 1 is 0.931 bits per heavy atom. The number of carbonyl (C=O) groups excluding carboxylic acids is 1. The summed E-state index contributed by atoms with van der Waals surface area (Å²) >= 11 is 0. The molecule has 0 saturated carbocycles. The van der Waals surface area contributed by atoms with Crippen LogP contribution in [0, 0.1) is 6.92 Å². The van der Waals surface area contributed by atoms with Crippen molar-refractivity contribution in [3.8, 4) is 28.4 Å². The van der Waals surface area contributed by atoms with Gasteiger partial charge in [0.05, 0.1) is 6.61 Å². The molecule has 146 valence electrons. The minimum Gasteiger partial charge on any atom is -0.494 e. The number of benzene rings is 3. The molecule has 0 atom stereocenters. The van der Waals surface area contributed by atoms with E-state index in [-0.39, 0.29) is 12.4 Å². The van der Waals surface area contributed by atoms with E-state index in [1.807, 2.05) is 61.5 Å². The van der Waals surface area contributed by atoms with Crippen LogP contribution in [0.15, 0.2) is 73.3 Å². The zero-order valence-electron chi connectivity index (χ0n) is 16.3. The van der Waals surface area contributed by atoms with E-state index in [1.54, 1.807) is 12.1 Å². The van der Waals surface area contributed by atoms with Gasteiger partial charge in [-0.1, -0.05) is 48.5 Å². The maximum atomic E-state index is 12.2. The number of hydrogen-bond donors (Lipinski definition) is 0. The normalized spacial score (nSPS) is 11.8. The van der Waals surface area contributed by atoms with Crippen molar-refractivity contribution in [1.82, 2.24) is 0 Å². The van der Waals surface area contributed by atoms with Crippen LogP contribution in [0.5, 0.6) is 17.2 Å². The van der Waals surface area contributed by atoms with Crippen LogP contribution in [0.3, 0.4) is 0 Å². The molecule has 1 aliphatic rings. The highest BCUT2D eigenvalue weighted by Crippen LogP contribution is 2.42. The van der Waals surface area contributed by atoms with E-state index >= 15 is 0 Å². The monoisotopic (exact) mass is 386 g/mol. The predicted molar refractivity (Wildman–Crippen MR) is 113 cm³/mol. The lowest BCUT2D eigenvalue weighted by atomic mass is 9.95. The number of ether oxygens (including phenoxy) is 3. The predicted octanol–water partition coefficient (Wildman–Crippen LogP) is 5.79. The third-order valence-electron chi connectivity index (χ3n) is 4.75. The third kappa shape index (κ3) is 4.32. The molecule has 29 heavy (non-hydrogen) atoms. The van der Waals surface area contributed by atoms with Crippen molar-refractivity contribution in [2.75, 3.05) is 6.61 Å².